The van der Waals surface area contributed by atoms with Gasteiger partial charge in [0, 0.05) is 14.1 Å². The predicted molar refractivity (Wildman–Crippen MR) is 85.8 cm³/mol. The van der Waals surface area contributed by atoms with E-state index in [1.807, 2.05) is 31.1 Å². The number of hydrogen-bond acceptors (Lipinski definition) is 5. The second-order valence-electron chi connectivity index (χ2n) is 4.66. The lowest BCUT2D eigenvalue weighted by atomic mass is 10.2. The average molecular weight is 306 g/mol. The molecule has 0 saturated carbocycles. The zero-order chi connectivity index (χ0) is 15.5. The molecule has 21 heavy (non-hydrogen) atoms. The molecule has 0 atom stereocenters. The van der Waals surface area contributed by atoms with Crippen LogP contribution in [0.2, 0.25) is 0 Å². The maximum absolute atomic E-state index is 12.5. The normalized spacial score (nSPS) is 11.0. The fraction of sp³-hybridized carbons (Fsp3) is 0.143. The van der Waals surface area contributed by atoms with Gasteiger partial charge in [-0.1, -0.05) is 24.3 Å². The highest BCUT2D eigenvalue weighted by atomic mass is 32.2. The number of sulfonamides is 1. The van der Waals surface area contributed by atoms with Crippen LogP contribution >= 0.6 is 0 Å². The summed E-state index contributed by atoms with van der Waals surface area (Å²) in [6, 6.07) is 13.6. The van der Waals surface area contributed by atoms with Crippen LogP contribution in [0.1, 0.15) is 0 Å². The molecule has 0 fully saturated rings. The molecular formula is C14H18N4O2S. The molecule has 0 aliphatic rings. The van der Waals surface area contributed by atoms with E-state index in [-0.39, 0.29) is 4.90 Å². The Morgan fingerprint density at radius 2 is 1.52 bits per heavy atom. The highest BCUT2D eigenvalue weighted by Crippen LogP contribution is 2.28. The van der Waals surface area contributed by atoms with E-state index in [0.717, 1.165) is 5.69 Å². The summed E-state index contributed by atoms with van der Waals surface area (Å²) >= 11 is 0. The minimum Gasteiger partial charge on any atom is -0.376 e. The number of nitrogens with one attached hydrogen (secondary N) is 2. The largest absolute Gasteiger partial charge is 0.376 e. The Bertz CT molecular complexity index is 729. The van der Waals surface area contributed by atoms with Gasteiger partial charge in [-0.05, 0) is 24.3 Å². The SMILES string of the molecule is CN(C)c1ccccc1NS(=O)(=O)c1ccccc1NN. The van der Waals surface area contributed by atoms with Gasteiger partial charge < -0.3 is 10.3 Å². The topological polar surface area (TPSA) is 87.5 Å². The van der Waals surface area contributed by atoms with Crippen molar-refractivity contribution in [2.45, 2.75) is 4.90 Å². The lowest BCUT2D eigenvalue weighted by Crippen LogP contribution is -2.19. The van der Waals surface area contributed by atoms with Crippen molar-refractivity contribution < 1.29 is 8.42 Å². The number of hydrogen-bond donors (Lipinski definition) is 3. The van der Waals surface area contributed by atoms with Gasteiger partial charge in [-0.25, -0.2) is 8.42 Å². The molecule has 0 aliphatic heterocycles. The van der Waals surface area contributed by atoms with Crippen LogP contribution in [0.3, 0.4) is 0 Å². The van der Waals surface area contributed by atoms with E-state index in [1.165, 1.54) is 6.07 Å². The van der Waals surface area contributed by atoms with Gasteiger partial charge in [0.2, 0.25) is 0 Å². The first kappa shape index (κ1) is 15.1. The van der Waals surface area contributed by atoms with Gasteiger partial charge in [-0.2, -0.15) is 0 Å². The van der Waals surface area contributed by atoms with Crippen LogP contribution in [0, 0.1) is 0 Å². The van der Waals surface area contributed by atoms with E-state index >= 15 is 0 Å². The Hall–Kier alpha value is -2.25. The zero-order valence-electron chi connectivity index (χ0n) is 11.9. The van der Waals surface area contributed by atoms with Gasteiger partial charge in [0.05, 0.1) is 17.1 Å². The van der Waals surface area contributed by atoms with E-state index in [1.54, 1.807) is 30.3 Å². The zero-order valence-corrected chi connectivity index (χ0v) is 12.7. The van der Waals surface area contributed by atoms with Crippen molar-refractivity contribution in [2.24, 2.45) is 5.84 Å². The third-order valence-corrected chi connectivity index (χ3v) is 4.39. The molecule has 2 rings (SSSR count). The van der Waals surface area contributed by atoms with E-state index in [2.05, 4.69) is 10.1 Å². The van der Waals surface area contributed by atoms with Crippen LogP contribution in [0.5, 0.6) is 0 Å². The van der Waals surface area contributed by atoms with Gasteiger partial charge >= 0.3 is 0 Å². The van der Waals surface area contributed by atoms with Crippen molar-refractivity contribution in [2.75, 3.05) is 29.1 Å². The third-order valence-electron chi connectivity index (χ3n) is 2.96. The molecule has 0 saturated heterocycles. The molecule has 2 aromatic rings. The standard InChI is InChI=1S/C14H18N4O2S/c1-18(2)13-9-5-3-7-11(13)17-21(19,20)14-10-6-4-8-12(14)16-15/h3-10,16-17H,15H2,1-2H3. The van der Waals surface area contributed by atoms with Crippen molar-refractivity contribution in [3.8, 4) is 0 Å². The van der Waals surface area contributed by atoms with E-state index in [4.69, 9.17) is 5.84 Å². The average Bonchev–Trinajstić information content (AvgIpc) is 2.47. The van der Waals surface area contributed by atoms with Gasteiger partial charge in [0.1, 0.15) is 4.90 Å². The number of hydrazine groups is 1. The van der Waals surface area contributed by atoms with Crippen molar-refractivity contribution in [3.05, 3.63) is 48.5 Å². The summed E-state index contributed by atoms with van der Waals surface area (Å²) in [5, 5.41) is 0. The van der Waals surface area contributed by atoms with E-state index in [9.17, 15) is 8.42 Å². The Labute approximate surface area is 124 Å². The molecule has 0 aromatic heterocycles. The van der Waals surface area contributed by atoms with Crippen LogP contribution in [0.15, 0.2) is 53.4 Å². The quantitative estimate of drug-likeness (QED) is 0.579. The monoisotopic (exact) mass is 306 g/mol. The maximum atomic E-state index is 12.5. The summed E-state index contributed by atoms with van der Waals surface area (Å²) in [6.45, 7) is 0. The van der Waals surface area contributed by atoms with Crippen LogP contribution in [0.25, 0.3) is 0 Å². The van der Waals surface area contributed by atoms with Gasteiger partial charge in [-0.15, -0.1) is 0 Å². The summed E-state index contributed by atoms with van der Waals surface area (Å²) < 4.78 is 27.7. The van der Waals surface area contributed by atoms with Gasteiger partial charge in [0.15, 0.2) is 0 Å². The molecule has 0 amide bonds. The molecule has 4 N–H and O–H groups in total. The number of nitrogens with two attached hydrogens (primary N) is 1. The summed E-state index contributed by atoms with van der Waals surface area (Å²) in [4.78, 5) is 1.94. The second kappa shape index (κ2) is 6.02. The van der Waals surface area contributed by atoms with E-state index < -0.39 is 10.0 Å². The summed E-state index contributed by atoms with van der Waals surface area (Å²) in [5.74, 6) is 5.37. The van der Waals surface area contributed by atoms with Crippen molar-refractivity contribution >= 4 is 27.1 Å². The Balaban J connectivity index is 2.43. The van der Waals surface area contributed by atoms with Crippen molar-refractivity contribution in [3.63, 3.8) is 0 Å². The number of benzene rings is 2. The molecule has 112 valence electrons. The summed E-state index contributed by atoms with van der Waals surface area (Å²) in [7, 11) is -0.0318. The lowest BCUT2D eigenvalue weighted by molar-refractivity contribution is 0.601. The van der Waals surface area contributed by atoms with Crippen molar-refractivity contribution in [1.29, 1.82) is 0 Å². The Morgan fingerprint density at radius 1 is 0.952 bits per heavy atom. The molecule has 0 spiro atoms. The number of rotatable bonds is 5. The number of nitrogen functional groups attached to an aromatic ring is 1. The molecule has 0 unspecified atom stereocenters. The molecular weight excluding hydrogens is 288 g/mol. The highest BCUT2D eigenvalue weighted by molar-refractivity contribution is 7.93. The molecule has 6 nitrogen and oxygen atoms in total. The smallest absolute Gasteiger partial charge is 0.264 e. The second-order valence-corrected chi connectivity index (χ2v) is 6.31. The maximum Gasteiger partial charge on any atom is 0.264 e. The number of para-hydroxylation sites is 3. The van der Waals surface area contributed by atoms with Crippen LogP contribution in [-0.4, -0.2) is 22.5 Å². The van der Waals surface area contributed by atoms with Gasteiger partial charge in [-0.3, -0.25) is 10.6 Å². The molecule has 0 bridgehead atoms. The molecule has 0 aliphatic carbocycles. The summed E-state index contributed by atoms with van der Waals surface area (Å²) in [6.07, 6.45) is 0. The van der Waals surface area contributed by atoms with Crippen molar-refractivity contribution in [1.82, 2.24) is 0 Å². The fourth-order valence-corrected chi connectivity index (χ4v) is 3.22. The first-order valence-electron chi connectivity index (χ1n) is 6.30. The summed E-state index contributed by atoms with van der Waals surface area (Å²) in [5.41, 5.74) is 4.02. The fourth-order valence-electron chi connectivity index (χ4n) is 1.97. The Morgan fingerprint density at radius 3 is 2.14 bits per heavy atom. The third kappa shape index (κ3) is 3.26. The minimum absolute atomic E-state index is 0.0982. The van der Waals surface area contributed by atoms with Gasteiger partial charge in [0.25, 0.3) is 10.0 Å². The highest BCUT2D eigenvalue weighted by Gasteiger charge is 2.19. The lowest BCUT2D eigenvalue weighted by Gasteiger charge is -2.19. The molecule has 2 aromatic carbocycles. The predicted octanol–water partition coefficient (Wildman–Crippen LogP) is 1.84. The first-order valence-corrected chi connectivity index (χ1v) is 7.79. The van der Waals surface area contributed by atoms with Crippen LogP contribution in [-0.2, 0) is 10.0 Å². The Kier molecular flexibility index (Phi) is 4.35. The number of nitrogens with zero attached hydrogens (tertiary/aromatic N) is 1. The first-order chi connectivity index (χ1) is 9.95. The molecule has 0 radical (unpaired) electrons. The minimum atomic E-state index is -3.73. The number of anilines is 3. The molecule has 7 heteroatoms. The van der Waals surface area contributed by atoms with E-state index in [0.29, 0.717) is 11.4 Å². The van der Waals surface area contributed by atoms with Crippen LogP contribution in [0.4, 0.5) is 17.1 Å². The van der Waals surface area contributed by atoms with Crippen LogP contribution < -0.4 is 20.9 Å². The molecule has 0 heterocycles.